The minimum absolute atomic E-state index is 0.313. The molecule has 2 heterocycles. The number of nitrogens with two attached hydrogens (primary N) is 1. The van der Waals surface area contributed by atoms with Crippen molar-refractivity contribution in [2.45, 2.75) is 39.2 Å². The monoisotopic (exact) mass is 367 g/mol. The highest BCUT2D eigenvalue weighted by Gasteiger charge is 2.17. The van der Waals surface area contributed by atoms with E-state index in [-0.39, 0.29) is 0 Å². The van der Waals surface area contributed by atoms with Crippen LogP contribution in [0.5, 0.6) is 0 Å². The van der Waals surface area contributed by atoms with Crippen molar-refractivity contribution in [2.75, 3.05) is 68.1 Å². The molecule has 1 atom stereocenters. The minimum Gasteiger partial charge on any atom is -0.378 e. The van der Waals surface area contributed by atoms with Crippen LogP contribution in [0.15, 0.2) is 0 Å². The van der Waals surface area contributed by atoms with E-state index in [1.165, 1.54) is 12.8 Å². The van der Waals surface area contributed by atoms with Crippen molar-refractivity contribution in [1.82, 2.24) is 15.0 Å². The third kappa shape index (κ3) is 7.27. The Labute approximate surface area is 156 Å². The second-order valence-corrected chi connectivity index (χ2v) is 6.37. The van der Waals surface area contributed by atoms with E-state index >= 15 is 0 Å². The van der Waals surface area contributed by atoms with Gasteiger partial charge in [0.2, 0.25) is 17.8 Å². The molecule has 1 fully saturated rings. The molecule has 9 heteroatoms. The Morgan fingerprint density at radius 2 is 1.73 bits per heavy atom. The van der Waals surface area contributed by atoms with Gasteiger partial charge in [-0.1, -0.05) is 6.92 Å². The van der Waals surface area contributed by atoms with Crippen LogP contribution in [0.25, 0.3) is 0 Å². The van der Waals surface area contributed by atoms with Gasteiger partial charge in [0.05, 0.1) is 26.4 Å². The number of hydrogen-bond acceptors (Lipinski definition) is 9. The van der Waals surface area contributed by atoms with Gasteiger partial charge in [-0.2, -0.15) is 15.0 Å². The van der Waals surface area contributed by atoms with Crippen molar-refractivity contribution in [3.63, 3.8) is 0 Å². The predicted molar refractivity (Wildman–Crippen MR) is 104 cm³/mol. The summed E-state index contributed by atoms with van der Waals surface area (Å²) in [7, 11) is 0. The molecule has 4 N–H and O–H groups in total. The lowest BCUT2D eigenvalue weighted by Crippen LogP contribution is -2.24. The summed E-state index contributed by atoms with van der Waals surface area (Å²) < 4.78 is 10.8. The molecule has 1 saturated heterocycles. The molecule has 26 heavy (non-hydrogen) atoms. The number of anilines is 3. The fourth-order valence-electron chi connectivity index (χ4n) is 2.53. The summed E-state index contributed by atoms with van der Waals surface area (Å²) in [5, 5.41) is 6.57. The normalized spacial score (nSPS) is 15.3. The Kier molecular flexibility index (Phi) is 9.36. The van der Waals surface area contributed by atoms with E-state index in [0.29, 0.717) is 57.5 Å². The molecule has 0 spiro atoms. The molecule has 1 aromatic heterocycles. The molecular formula is C17H33N7O2. The van der Waals surface area contributed by atoms with Crippen LogP contribution in [0, 0.1) is 0 Å². The molecular weight excluding hydrogens is 334 g/mol. The standard InChI is InChI=1S/C17H33N7O2/c1-3-14(2)20-16-21-15(19-7-11-26-13-12-25-10-6-18)22-17(23-16)24-8-4-5-9-24/h14H,3-13,18H2,1-2H3,(H2,19,20,21,22,23). The summed E-state index contributed by atoms with van der Waals surface area (Å²) in [4.78, 5) is 15.8. The number of aromatic nitrogens is 3. The topological polar surface area (TPSA) is 110 Å². The van der Waals surface area contributed by atoms with Crippen molar-refractivity contribution >= 4 is 17.8 Å². The van der Waals surface area contributed by atoms with Gasteiger partial charge >= 0.3 is 0 Å². The van der Waals surface area contributed by atoms with E-state index < -0.39 is 0 Å². The van der Waals surface area contributed by atoms with Crippen LogP contribution in [0.1, 0.15) is 33.1 Å². The smallest absolute Gasteiger partial charge is 0.231 e. The quantitative estimate of drug-likeness (QED) is 0.441. The Hall–Kier alpha value is -1.71. The van der Waals surface area contributed by atoms with Gasteiger partial charge < -0.3 is 30.7 Å². The van der Waals surface area contributed by atoms with Crippen LogP contribution >= 0.6 is 0 Å². The number of nitrogens with zero attached hydrogens (tertiary/aromatic N) is 4. The Morgan fingerprint density at radius 1 is 1.04 bits per heavy atom. The SMILES string of the molecule is CCC(C)Nc1nc(NCCOCCOCCN)nc(N2CCCC2)n1. The summed E-state index contributed by atoms with van der Waals surface area (Å²) in [5.41, 5.74) is 5.36. The lowest BCUT2D eigenvalue weighted by molar-refractivity contribution is 0.0547. The molecule has 2 rings (SSSR count). The third-order valence-corrected chi connectivity index (χ3v) is 4.16. The fraction of sp³-hybridized carbons (Fsp3) is 0.824. The van der Waals surface area contributed by atoms with Gasteiger partial charge in [-0.25, -0.2) is 0 Å². The van der Waals surface area contributed by atoms with Gasteiger partial charge in [0.1, 0.15) is 0 Å². The molecule has 9 nitrogen and oxygen atoms in total. The van der Waals surface area contributed by atoms with Gasteiger partial charge in [0, 0.05) is 32.2 Å². The van der Waals surface area contributed by atoms with Crippen LogP contribution in [0.2, 0.25) is 0 Å². The molecule has 0 bridgehead atoms. The first-order valence-electron chi connectivity index (χ1n) is 9.60. The first-order chi connectivity index (χ1) is 12.7. The molecule has 0 radical (unpaired) electrons. The maximum Gasteiger partial charge on any atom is 0.231 e. The lowest BCUT2D eigenvalue weighted by Gasteiger charge is -2.18. The van der Waals surface area contributed by atoms with Gasteiger partial charge in [0.25, 0.3) is 0 Å². The highest BCUT2D eigenvalue weighted by molar-refractivity contribution is 5.44. The van der Waals surface area contributed by atoms with E-state index in [1.54, 1.807) is 0 Å². The molecule has 1 aliphatic heterocycles. The zero-order valence-electron chi connectivity index (χ0n) is 16.0. The molecule has 0 saturated carbocycles. The second kappa shape index (κ2) is 11.8. The molecule has 0 amide bonds. The van der Waals surface area contributed by atoms with Gasteiger partial charge in [-0.3, -0.25) is 0 Å². The Balaban J connectivity index is 1.85. The molecule has 1 aromatic rings. The van der Waals surface area contributed by atoms with E-state index in [0.717, 1.165) is 25.5 Å². The summed E-state index contributed by atoms with van der Waals surface area (Å²) in [6.45, 7) is 9.65. The van der Waals surface area contributed by atoms with Crippen molar-refractivity contribution in [3.8, 4) is 0 Å². The van der Waals surface area contributed by atoms with Crippen molar-refractivity contribution in [1.29, 1.82) is 0 Å². The largest absolute Gasteiger partial charge is 0.378 e. The van der Waals surface area contributed by atoms with Gasteiger partial charge in [-0.15, -0.1) is 0 Å². The lowest BCUT2D eigenvalue weighted by atomic mass is 10.3. The predicted octanol–water partition coefficient (Wildman–Crippen LogP) is 1.09. The average molecular weight is 367 g/mol. The zero-order valence-corrected chi connectivity index (χ0v) is 16.0. The molecule has 1 aliphatic rings. The molecule has 148 valence electrons. The Bertz CT molecular complexity index is 512. The highest BCUT2D eigenvalue weighted by Crippen LogP contribution is 2.19. The van der Waals surface area contributed by atoms with Crippen molar-refractivity contribution in [2.24, 2.45) is 5.73 Å². The second-order valence-electron chi connectivity index (χ2n) is 6.37. The molecule has 0 aromatic carbocycles. The van der Waals surface area contributed by atoms with Gasteiger partial charge in [-0.05, 0) is 26.2 Å². The van der Waals surface area contributed by atoms with Crippen LogP contribution in [0.3, 0.4) is 0 Å². The fourth-order valence-corrected chi connectivity index (χ4v) is 2.53. The maximum atomic E-state index is 5.52. The summed E-state index contributed by atoms with van der Waals surface area (Å²) >= 11 is 0. The zero-order chi connectivity index (χ0) is 18.6. The van der Waals surface area contributed by atoms with E-state index in [1.807, 2.05) is 0 Å². The van der Waals surface area contributed by atoms with Crippen LogP contribution in [-0.4, -0.2) is 73.6 Å². The third-order valence-electron chi connectivity index (χ3n) is 4.16. The first kappa shape index (κ1) is 20.6. The maximum absolute atomic E-state index is 5.52. The van der Waals surface area contributed by atoms with Crippen LogP contribution < -0.4 is 21.3 Å². The Morgan fingerprint density at radius 3 is 2.42 bits per heavy atom. The summed E-state index contributed by atoms with van der Waals surface area (Å²) in [5.74, 6) is 1.94. The summed E-state index contributed by atoms with van der Waals surface area (Å²) in [6, 6.07) is 0.313. The molecule has 0 aliphatic carbocycles. The molecule has 1 unspecified atom stereocenters. The highest BCUT2D eigenvalue weighted by atomic mass is 16.5. The summed E-state index contributed by atoms with van der Waals surface area (Å²) in [6.07, 6.45) is 3.37. The van der Waals surface area contributed by atoms with Crippen molar-refractivity contribution in [3.05, 3.63) is 0 Å². The van der Waals surface area contributed by atoms with E-state index in [9.17, 15) is 0 Å². The van der Waals surface area contributed by atoms with E-state index in [2.05, 4.69) is 44.3 Å². The average Bonchev–Trinajstić information content (AvgIpc) is 3.18. The van der Waals surface area contributed by atoms with Crippen LogP contribution in [-0.2, 0) is 9.47 Å². The van der Waals surface area contributed by atoms with E-state index in [4.69, 9.17) is 15.2 Å². The number of rotatable bonds is 13. The number of nitrogens with one attached hydrogen (secondary N) is 2. The first-order valence-corrected chi connectivity index (χ1v) is 9.60. The van der Waals surface area contributed by atoms with Crippen molar-refractivity contribution < 1.29 is 9.47 Å². The number of hydrogen-bond donors (Lipinski definition) is 3. The minimum atomic E-state index is 0.313. The van der Waals surface area contributed by atoms with Crippen LogP contribution in [0.4, 0.5) is 17.8 Å². The van der Waals surface area contributed by atoms with Gasteiger partial charge in [0.15, 0.2) is 0 Å². The number of ether oxygens (including phenoxy) is 2.